The van der Waals surface area contributed by atoms with Crippen LogP contribution < -0.4 is 14.7 Å². The largest absolute Gasteiger partial charge is 0.335 e. The highest BCUT2D eigenvalue weighted by Gasteiger charge is 2.52. The summed E-state index contributed by atoms with van der Waals surface area (Å²) in [6.07, 6.45) is 49.0. The van der Waals surface area contributed by atoms with E-state index in [1.54, 1.807) is 16.7 Å². The minimum absolute atomic E-state index is 0.0221. The third-order valence-electron chi connectivity index (χ3n) is 19.2. The Bertz CT molecular complexity index is 3400. The molecule has 2 aliphatic heterocycles. The van der Waals surface area contributed by atoms with Gasteiger partial charge in [0.2, 0.25) is 0 Å². The molecule has 1 fully saturated rings. The van der Waals surface area contributed by atoms with Crippen LogP contribution in [-0.2, 0) is 5.41 Å². The molecule has 2 heterocycles. The molecule has 0 radical (unpaired) electrons. The van der Waals surface area contributed by atoms with Crippen molar-refractivity contribution in [3.8, 4) is 0 Å². The van der Waals surface area contributed by atoms with Crippen LogP contribution in [0.5, 0.6) is 0 Å². The van der Waals surface area contributed by atoms with E-state index in [4.69, 9.17) is 0 Å². The average molecular weight is 979 g/mol. The Morgan fingerprint density at radius 3 is 2.29 bits per heavy atom. The van der Waals surface area contributed by atoms with Crippen LogP contribution in [0.15, 0.2) is 251 Å². The zero-order valence-corrected chi connectivity index (χ0v) is 44.1. The number of fused-ring (bicyclic) bond motifs is 9. The second-order valence-electron chi connectivity index (χ2n) is 23.3. The first kappa shape index (κ1) is 46.2. The first-order valence-electron chi connectivity index (χ1n) is 28.4. The van der Waals surface area contributed by atoms with Crippen molar-refractivity contribution in [2.45, 2.75) is 115 Å². The summed E-state index contributed by atoms with van der Waals surface area (Å²) < 4.78 is 0. The molecule has 374 valence electrons. The third kappa shape index (κ3) is 7.29. The zero-order chi connectivity index (χ0) is 50.4. The van der Waals surface area contributed by atoms with Crippen molar-refractivity contribution in [1.82, 2.24) is 4.90 Å². The number of hydrogen-bond acceptors (Lipinski definition) is 4. The van der Waals surface area contributed by atoms with Gasteiger partial charge in [-0.1, -0.05) is 178 Å². The zero-order valence-electron chi connectivity index (χ0n) is 44.1. The molecule has 5 unspecified atom stereocenters. The van der Waals surface area contributed by atoms with Crippen molar-refractivity contribution in [3.05, 3.63) is 268 Å². The highest BCUT2D eigenvalue weighted by molar-refractivity contribution is 5.84. The van der Waals surface area contributed by atoms with Gasteiger partial charge in [-0.3, -0.25) is 0 Å². The van der Waals surface area contributed by atoms with E-state index in [2.05, 4.69) is 235 Å². The molecule has 0 saturated heterocycles. The van der Waals surface area contributed by atoms with Gasteiger partial charge in [-0.05, 0) is 165 Å². The van der Waals surface area contributed by atoms with E-state index >= 15 is 0 Å². The van der Waals surface area contributed by atoms with Gasteiger partial charge in [-0.15, -0.1) is 0 Å². The number of anilines is 4. The molecule has 0 bridgehead atoms. The lowest BCUT2D eigenvalue weighted by Gasteiger charge is -2.51. The Kier molecular flexibility index (Phi) is 11.2. The topological polar surface area (TPSA) is 13.0 Å². The van der Waals surface area contributed by atoms with Crippen molar-refractivity contribution in [1.29, 1.82) is 0 Å². The number of allylic oxidation sites excluding steroid dienone is 20. The lowest BCUT2D eigenvalue weighted by Crippen LogP contribution is -2.54. The Morgan fingerprint density at radius 1 is 0.720 bits per heavy atom. The molecule has 1 saturated carbocycles. The van der Waals surface area contributed by atoms with Gasteiger partial charge in [-0.25, -0.2) is 0 Å². The summed E-state index contributed by atoms with van der Waals surface area (Å²) in [7, 11) is 0. The van der Waals surface area contributed by atoms with Crippen LogP contribution in [0, 0.1) is 17.3 Å². The average Bonchev–Trinajstić information content (AvgIpc) is 4.12. The standard InChI is InChI=1S/C71H70N4/c1-5-6-25-63-48(2)72(64-26-13-14-27-65(64)73(63)51-21-9-7-10-22-51)53-36-41-58-57-39-35-50(45-61(57)71(62(58)47-53)42-19-20-43-71)33-32-49-34-38-55-56-40-37-54(46-60(56)70(3,4)59(55)44-49)75-68-30-17-15-28-66(68)74(52-23-11-8-12-24-52)67-29-16-18-31-69(67)75/h5-12,14-17,21-25,27-30,32-35,37-38,40,44-47,56-57,60,67,69H,1,13,18-20,26,31,36,39,41-43H2,2-4H3/b25-6-,33-32+. The minimum atomic E-state index is -0.0221. The van der Waals surface area contributed by atoms with Gasteiger partial charge in [0, 0.05) is 51.4 Å². The molecule has 4 aromatic carbocycles. The number of nitrogens with zero attached hydrogens (tertiary/aromatic N) is 4. The predicted octanol–water partition coefficient (Wildman–Crippen LogP) is 17.7. The monoisotopic (exact) mass is 979 g/mol. The lowest BCUT2D eigenvalue weighted by molar-refractivity contribution is 0.389. The SMILES string of the molecule is C=C/C=C\C1=C(C)N(C2=CC3=C(CC2)C2CC=C(/C=C/c4ccc5c(c4)C(C)(C)C4C=C(N6c7ccccc7N(c7ccccc7)C7C=CCCC76)C=CC54)C=C2C32CCCC2)C2=C(C=CCC2)N1c1ccccc1. The summed E-state index contributed by atoms with van der Waals surface area (Å²) in [5, 5.41) is 0. The quantitative estimate of drug-likeness (QED) is 0.129. The van der Waals surface area contributed by atoms with Crippen LogP contribution in [0.3, 0.4) is 0 Å². The molecule has 4 aromatic rings. The van der Waals surface area contributed by atoms with E-state index in [-0.39, 0.29) is 16.9 Å². The highest BCUT2D eigenvalue weighted by Crippen LogP contribution is 2.64. The number of rotatable bonds is 8. The van der Waals surface area contributed by atoms with Gasteiger partial charge in [-0.2, -0.15) is 0 Å². The summed E-state index contributed by atoms with van der Waals surface area (Å²) >= 11 is 0. The second kappa shape index (κ2) is 18.2. The summed E-state index contributed by atoms with van der Waals surface area (Å²) in [5.74, 6) is 1.27. The number of hydrogen-bond donors (Lipinski definition) is 0. The first-order valence-corrected chi connectivity index (χ1v) is 28.4. The number of benzene rings is 4. The predicted molar refractivity (Wildman–Crippen MR) is 313 cm³/mol. The molecule has 1 spiro atoms. The smallest absolute Gasteiger partial charge is 0.0730 e. The van der Waals surface area contributed by atoms with Gasteiger partial charge in [0.05, 0.1) is 34.9 Å². The molecule has 5 atom stereocenters. The van der Waals surface area contributed by atoms with Crippen molar-refractivity contribution in [3.63, 3.8) is 0 Å². The molecule has 14 rings (SSSR count). The molecule has 4 heteroatoms. The van der Waals surface area contributed by atoms with Crippen LogP contribution in [0.2, 0.25) is 0 Å². The van der Waals surface area contributed by atoms with E-state index in [1.807, 2.05) is 6.08 Å². The Balaban J connectivity index is 0.746. The molecule has 0 amide bonds. The van der Waals surface area contributed by atoms with Gasteiger partial charge in [0.1, 0.15) is 0 Å². The minimum Gasteiger partial charge on any atom is -0.335 e. The fourth-order valence-electron chi connectivity index (χ4n) is 15.8. The molecule has 0 N–H and O–H groups in total. The van der Waals surface area contributed by atoms with Crippen LogP contribution >= 0.6 is 0 Å². The summed E-state index contributed by atoms with van der Waals surface area (Å²) in [6, 6.07) is 39.0. The van der Waals surface area contributed by atoms with Crippen LogP contribution in [0.1, 0.15) is 114 Å². The Hall–Kier alpha value is -7.30. The van der Waals surface area contributed by atoms with Crippen molar-refractivity contribution in [2.24, 2.45) is 17.3 Å². The third-order valence-corrected chi connectivity index (χ3v) is 19.2. The van der Waals surface area contributed by atoms with E-state index in [1.165, 1.54) is 105 Å². The van der Waals surface area contributed by atoms with Crippen molar-refractivity contribution < 1.29 is 0 Å². The molecule has 8 aliphatic carbocycles. The Labute approximate surface area is 446 Å². The maximum absolute atomic E-state index is 4.06. The second-order valence-corrected chi connectivity index (χ2v) is 23.3. The van der Waals surface area contributed by atoms with Crippen molar-refractivity contribution in [2.75, 3.05) is 14.7 Å². The van der Waals surface area contributed by atoms with E-state index in [9.17, 15) is 0 Å². The maximum Gasteiger partial charge on any atom is 0.0730 e. The molecular weight excluding hydrogens is 909 g/mol. The fourth-order valence-corrected chi connectivity index (χ4v) is 15.8. The maximum atomic E-state index is 4.06. The first-order chi connectivity index (χ1) is 36.8. The Morgan fingerprint density at radius 2 is 1.49 bits per heavy atom. The summed E-state index contributed by atoms with van der Waals surface area (Å²) in [6.45, 7) is 11.4. The van der Waals surface area contributed by atoms with Crippen LogP contribution in [-0.4, -0.2) is 17.0 Å². The van der Waals surface area contributed by atoms with Gasteiger partial charge >= 0.3 is 0 Å². The molecule has 4 nitrogen and oxygen atoms in total. The molecule has 75 heavy (non-hydrogen) atoms. The van der Waals surface area contributed by atoms with Gasteiger partial charge < -0.3 is 19.6 Å². The fraction of sp³-hybridized carbons (Fsp3) is 0.296. The van der Waals surface area contributed by atoms with Gasteiger partial charge in [0.15, 0.2) is 0 Å². The van der Waals surface area contributed by atoms with E-state index in [0.717, 1.165) is 44.9 Å². The molecular formula is C71H70N4. The number of para-hydroxylation sites is 4. The van der Waals surface area contributed by atoms with E-state index < -0.39 is 0 Å². The van der Waals surface area contributed by atoms with Crippen molar-refractivity contribution >= 4 is 28.8 Å². The summed E-state index contributed by atoms with van der Waals surface area (Å²) in [4.78, 5) is 10.4. The summed E-state index contributed by atoms with van der Waals surface area (Å²) in [5.41, 5.74) is 23.9. The van der Waals surface area contributed by atoms with Crippen LogP contribution in [0.25, 0.3) is 6.08 Å². The lowest BCUT2D eigenvalue weighted by atomic mass is 9.71. The normalized spacial score (nSPS) is 26.7. The van der Waals surface area contributed by atoms with Crippen LogP contribution in [0.4, 0.5) is 22.7 Å². The highest BCUT2D eigenvalue weighted by atomic mass is 15.3. The molecule has 0 aromatic heterocycles. The van der Waals surface area contributed by atoms with E-state index in [0.29, 0.717) is 23.8 Å². The van der Waals surface area contributed by atoms with Gasteiger partial charge in [0.25, 0.3) is 0 Å². The molecule has 10 aliphatic rings.